The molecule has 0 N–H and O–H groups in total. The summed E-state index contributed by atoms with van der Waals surface area (Å²) in [5.74, 6) is 1.09. The van der Waals surface area contributed by atoms with Gasteiger partial charge in [0.1, 0.15) is 5.75 Å². The van der Waals surface area contributed by atoms with E-state index >= 15 is 0 Å². The van der Waals surface area contributed by atoms with Gasteiger partial charge in [-0.15, -0.1) is 0 Å². The Hall–Kier alpha value is -4.95. The summed E-state index contributed by atoms with van der Waals surface area (Å²) < 4.78 is 17.5. The number of rotatable bonds is 5. The molecule has 186 valence electrons. The highest BCUT2D eigenvalue weighted by atomic mass is 35.5. The van der Waals surface area contributed by atoms with Gasteiger partial charge in [-0.05, 0) is 66.7 Å². The van der Waals surface area contributed by atoms with Crippen LogP contribution in [0.1, 0.15) is 15.9 Å². The third-order valence-electron chi connectivity index (χ3n) is 5.90. The van der Waals surface area contributed by atoms with Gasteiger partial charge < -0.3 is 14.2 Å². The van der Waals surface area contributed by atoms with Crippen LogP contribution in [-0.4, -0.2) is 28.6 Å². The highest BCUT2D eigenvalue weighted by Crippen LogP contribution is 2.33. The van der Waals surface area contributed by atoms with E-state index in [1.807, 2.05) is 6.07 Å². The molecule has 2 heterocycles. The van der Waals surface area contributed by atoms with Crippen LogP contribution >= 0.6 is 11.6 Å². The van der Waals surface area contributed by atoms with Crippen molar-refractivity contribution in [3.63, 3.8) is 0 Å². The number of aromatic nitrogens is 2. The molecule has 6 rings (SSSR count). The van der Waals surface area contributed by atoms with Crippen molar-refractivity contribution >= 4 is 34.7 Å². The number of fused-ring (bicyclic) bond motifs is 2. The van der Waals surface area contributed by atoms with Crippen molar-refractivity contribution in [2.75, 3.05) is 6.79 Å². The van der Waals surface area contributed by atoms with Gasteiger partial charge in [0.2, 0.25) is 6.79 Å². The minimum Gasteiger partial charge on any atom is -0.454 e. The fourth-order valence-electron chi connectivity index (χ4n) is 4.00. The lowest BCUT2D eigenvalue weighted by atomic mass is 10.2. The van der Waals surface area contributed by atoms with E-state index < -0.39 is 5.97 Å². The molecule has 5 aromatic rings. The predicted octanol–water partition coefficient (Wildman–Crippen LogP) is 5.55. The normalized spacial score (nSPS) is 12.2. The van der Waals surface area contributed by atoms with E-state index in [4.69, 9.17) is 25.8 Å². The summed E-state index contributed by atoms with van der Waals surface area (Å²) in [6, 6.07) is 25.8. The van der Waals surface area contributed by atoms with Crippen LogP contribution in [0.4, 0.5) is 0 Å². The fourth-order valence-corrected chi connectivity index (χ4v) is 4.12. The van der Waals surface area contributed by atoms with Crippen LogP contribution in [0, 0.1) is 0 Å². The average Bonchev–Trinajstić information content (AvgIpc) is 3.42. The smallest absolute Gasteiger partial charge is 0.343 e. The number of carbonyl (C=O) groups is 1. The van der Waals surface area contributed by atoms with E-state index in [1.54, 1.807) is 84.9 Å². The number of esters is 1. The molecule has 0 fully saturated rings. The minimum atomic E-state index is -0.574. The molecule has 0 unspecified atom stereocenters. The lowest BCUT2D eigenvalue weighted by Crippen LogP contribution is -2.20. The predicted molar refractivity (Wildman–Crippen MR) is 143 cm³/mol. The van der Waals surface area contributed by atoms with Gasteiger partial charge in [-0.2, -0.15) is 9.78 Å². The van der Waals surface area contributed by atoms with Crippen LogP contribution in [0.2, 0.25) is 5.02 Å². The zero-order chi connectivity index (χ0) is 26.1. The summed E-state index contributed by atoms with van der Waals surface area (Å²) in [7, 11) is 0. The molecule has 0 aliphatic carbocycles. The maximum absolute atomic E-state index is 13.4. The number of benzene rings is 4. The van der Waals surface area contributed by atoms with Gasteiger partial charge >= 0.3 is 5.97 Å². The van der Waals surface area contributed by atoms with E-state index in [0.29, 0.717) is 49.9 Å². The van der Waals surface area contributed by atoms with Crippen molar-refractivity contribution < 1.29 is 19.0 Å². The van der Waals surface area contributed by atoms with Gasteiger partial charge in [-0.25, -0.2) is 9.78 Å². The minimum absolute atomic E-state index is 0.105. The number of hydrogen-bond acceptors (Lipinski definition) is 7. The third kappa shape index (κ3) is 4.49. The molecule has 0 saturated carbocycles. The quantitative estimate of drug-likeness (QED) is 0.170. The monoisotopic (exact) mass is 523 g/mol. The van der Waals surface area contributed by atoms with Crippen molar-refractivity contribution in [3.05, 3.63) is 117 Å². The number of nitrogens with zero attached hydrogens (tertiary/aromatic N) is 3. The zero-order valence-electron chi connectivity index (χ0n) is 19.7. The molecule has 1 aliphatic rings. The topological polar surface area (TPSA) is 92.0 Å². The van der Waals surface area contributed by atoms with E-state index in [9.17, 15) is 9.59 Å². The van der Waals surface area contributed by atoms with Crippen LogP contribution < -0.4 is 19.8 Å². The Balaban J connectivity index is 1.37. The second-order valence-corrected chi connectivity index (χ2v) is 8.75. The van der Waals surface area contributed by atoms with Crippen LogP contribution in [-0.2, 0) is 0 Å². The summed E-state index contributed by atoms with van der Waals surface area (Å²) in [6.07, 6.45) is 1.46. The largest absolute Gasteiger partial charge is 0.454 e. The average molecular weight is 524 g/mol. The van der Waals surface area contributed by atoms with Gasteiger partial charge in [0.15, 0.2) is 17.3 Å². The first-order valence-electron chi connectivity index (χ1n) is 11.6. The first kappa shape index (κ1) is 23.4. The molecule has 0 atom stereocenters. The molecule has 0 saturated heterocycles. The molecular weight excluding hydrogens is 506 g/mol. The number of ether oxygens (including phenoxy) is 3. The first-order valence-corrected chi connectivity index (χ1v) is 12.0. The van der Waals surface area contributed by atoms with Crippen molar-refractivity contribution in [2.45, 2.75) is 0 Å². The maximum Gasteiger partial charge on any atom is 0.343 e. The number of hydrogen-bond donors (Lipinski definition) is 0. The van der Waals surface area contributed by atoms with Gasteiger partial charge in [-0.3, -0.25) is 4.79 Å². The summed E-state index contributed by atoms with van der Waals surface area (Å²) in [6.45, 7) is 0.105. The molecule has 0 spiro atoms. The molecular formula is C29H18ClN3O5. The summed E-state index contributed by atoms with van der Waals surface area (Å²) in [5.41, 5.74) is 1.67. The standard InChI is InChI=1S/C29H18ClN3O5/c30-21-12-9-18(10-13-21)27-32-23-7-3-2-6-22(23)28(34)33(27)31-16-20-5-1-4-8-24(20)38-29(35)19-11-14-25-26(15-19)37-17-36-25/h1-16H,17H2. The van der Waals surface area contributed by atoms with Gasteiger partial charge in [0, 0.05) is 16.1 Å². The van der Waals surface area contributed by atoms with Gasteiger partial charge in [-0.1, -0.05) is 35.9 Å². The highest BCUT2D eigenvalue weighted by molar-refractivity contribution is 6.30. The van der Waals surface area contributed by atoms with Crippen molar-refractivity contribution in [2.24, 2.45) is 5.10 Å². The Labute approximate surface area is 221 Å². The van der Waals surface area contributed by atoms with E-state index in [0.717, 1.165) is 0 Å². The van der Waals surface area contributed by atoms with E-state index in [-0.39, 0.29) is 18.1 Å². The Morgan fingerprint density at radius 1 is 0.947 bits per heavy atom. The van der Waals surface area contributed by atoms with Gasteiger partial charge in [0.05, 0.1) is 22.7 Å². The molecule has 1 aliphatic heterocycles. The molecule has 0 bridgehead atoms. The second kappa shape index (κ2) is 9.84. The van der Waals surface area contributed by atoms with E-state index in [1.165, 1.54) is 10.9 Å². The van der Waals surface area contributed by atoms with Crippen LogP contribution in [0.15, 0.2) is 101 Å². The second-order valence-electron chi connectivity index (χ2n) is 8.32. The molecule has 9 heteroatoms. The highest BCUT2D eigenvalue weighted by Gasteiger charge is 2.18. The molecule has 38 heavy (non-hydrogen) atoms. The van der Waals surface area contributed by atoms with Crippen molar-refractivity contribution in [1.29, 1.82) is 0 Å². The van der Waals surface area contributed by atoms with Crippen molar-refractivity contribution in [1.82, 2.24) is 9.66 Å². The Morgan fingerprint density at radius 3 is 2.58 bits per heavy atom. The molecule has 0 amide bonds. The molecule has 0 radical (unpaired) electrons. The Bertz CT molecular complexity index is 1780. The van der Waals surface area contributed by atoms with Gasteiger partial charge in [0.25, 0.3) is 5.56 Å². The number of halogens is 1. The molecule has 4 aromatic carbocycles. The van der Waals surface area contributed by atoms with Crippen LogP contribution in [0.5, 0.6) is 17.2 Å². The summed E-state index contributed by atoms with van der Waals surface area (Å²) in [5, 5.41) is 5.45. The summed E-state index contributed by atoms with van der Waals surface area (Å²) >= 11 is 6.06. The number of carbonyl (C=O) groups excluding carboxylic acids is 1. The third-order valence-corrected chi connectivity index (χ3v) is 6.15. The lowest BCUT2D eigenvalue weighted by molar-refractivity contribution is 0.0734. The van der Waals surface area contributed by atoms with Crippen molar-refractivity contribution in [3.8, 4) is 28.6 Å². The Kier molecular flexibility index (Phi) is 6.07. The number of para-hydroxylation sites is 2. The SMILES string of the molecule is O=C(Oc1ccccc1C=Nn1c(-c2ccc(Cl)cc2)nc2ccccc2c1=O)c1ccc2c(c1)OCO2. The fraction of sp³-hybridized carbons (Fsp3) is 0.0345. The van der Waals surface area contributed by atoms with E-state index in [2.05, 4.69) is 10.1 Å². The lowest BCUT2D eigenvalue weighted by Gasteiger charge is -2.10. The molecule has 8 nitrogen and oxygen atoms in total. The summed E-state index contributed by atoms with van der Waals surface area (Å²) in [4.78, 5) is 31.0. The maximum atomic E-state index is 13.4. The Morgan fingerprint density at radius 2 is 1.71 bits per heavy atom. The van der Waals surface area contributed by atoms with Crippen LogP contribution in [0.25, 0.3) is 22.3 Å². The first-order chi connectivity index (χ1) is 18.6. The zero-order valence-corrected chi connectivity index (χ0v) is 20.5. The van der Waals surface area contributed by atoms with Crippen LogP contribution in [0.3, 0.4) is 0 Å². The molecule has 1 aromatic heterocycles.